The Morgan fingerprint density at radius 1 is 1.24 bits per heavy atom. The second-order valence-corrected chi connectivity index (χ2v) is 8.85. The van der Waals surface area contributed by atoms with Crippen LogP contribution >= 0.6 is 0 Å². The van der Waals surface area contributed by atoms with Crippen LogP contribution in [0.25, 0.3) is 0 Å². The maximum atomic E-state index is 12.7. The van der Waals surface area contributed by atoms with Crippen LogP contribution in [0.5, 0.6) is 0 Å². The minimum atomic E-state index is -0.538. The highest BCUT2D eigenvalue weighted by Crippen LogP contribution is 2.35. The molecule has 2 N–H and O–H groups in total. The Morgan fingerprint density at radius 2 is 2.03 bits per heavy atom. The lowest BCUT2D eigenvalue weighted by atomic mass is 9.87. The molecule has 2 aliphatic rings. The number of carbonyl (C=O) groups excluding carboxylic acids is 1. The van der Waals surface area contributed by atoms with Gasteiger partial charge in [0.1, 0.15) is 5.60 Å². The summed E-state index contributed by atoms with van der Waals surface area (Å²) >= 11 is 0. The van der Waals surface area contributed by atoms with Crippen molar-refractivity contribution in [2.75, 3.05) is 10.6 Å². The van der Waals surface area contributed by atoms with Gasteiger partial charge < -0.3 is 14.6 Å². The molecule has 0 saturated heterocycles. The highest BCUT2D eigenvalue weighted by molar-refractivity contribution is 5.85. The van der Waals surface area contributed by atoms with Crippen molar-refractivity contribution < 1.29 is 9.53 Å². The largest absolute Gasteiger partial charge is 0.444 e. The number of benzene rings is 1. The van der Waals surface area contributed by atoms with E-state index in [1.165, 1.54) is 5.56 Å². The van der Waals surface area contributed by atoms with Crippen LogP contribution < -0.4 is 16.2 Å². The van der Waals surface area contributed by atoms with E-state index in [4.69, 9.17) is 4.74 Å². The summed E-state index contributed by atoms with van der Waals surface area (Å²) in [6, 6.07) is 6.24. The molecule has 0 aliphatic heterocycles. The summed E-state index contributed by atoms with van der Waals surface area (Å²) in [5.41, 5.74) is 2.44. The van der Waals surface area contributed by atoms with E-state index in [0.29, 0.717) is 17.5 Å². The van der Waals surface area contributed by atoms with E-state index in [9.17, 15) is 9.59 Å². The van der Waals surface area contributed by atoms with Crippen molar-refractivity contribution in [3.63, 3.8) is 0 Å². The first-order valence-electron chi connectivity index (χ1n) is 10.3. The van der Waals surface area contributed by atoms with E-state index in [-0.39, 0.29) is 11.6 Å². The lowest BCUT2D eigenvalue weighted by Crippen LogP contribution is -2.28. The number of amides is 1. The van der Waals surface area contributed by atoms with Crippen LogP contribution in [0.3, 0.4) is 0 Å². The van der Waals surface area contributed by atoms with Gasteiger partial charge in [-0.2, -0.15) is 0 Å². The summed E-state index contributed by atoms with van der Waals surface area (Å²) in [6.45, 7) is 5.51. The van der Waals surface area contributed by atoms with Crippen molar-refractivity contribution in [3.8, 4) is 0 Å². The predicted octanol–water partition coefficient (Wildman–Crippen LogP) is 4.41. The number of anilines is 2. The van der Waals surface area contributed by atoms with Gasteiger partial charge in [-0.05, 0) is 76.1 Å². The Balaban J connectivity index is 1.51. The van der Waals surface area contributed by atoms with Crippen LogP contribution in [0.4, 0.5) is 16.3 Å². The summed E-state index contributed by atoms with van der Waals surface area (Å²) < 4.78 is 7.11. The highest BCUT2D eigenvalue weighted by Gasteiger charge is 2.27. The summed E-state index contributed by atoms with van der Waals surface area (Å²) in [5, 5.41) is 6.17. The van der Waals surface area contributed by atoms with E-state index in [0.717, 1.165) is 37.7 Å². The molecule has 1 aromatic carbocycles. The number of carbonyl (C=O) groups is 1. The van der Waals surface area contributed by atoms with Gasteiger partial charge in [0.2, 0.25) is 0 Å². The molecule has 4 rings (SSSR count). The van der Waals surface area contributed by atoms with Gasteiger partial charge in [-0.1, -0.05) is 6.07 Å². The Labute approximate surface area is 170 Å². The molecular weight excluding hydrogens is 368 g/mol. The van der Waals surface area contributed by atoms with Crippen LogP contribution in [0.15, 0.2) is 35.4 Å². The first-order valence-corrected chi connectivity index (χ1v) is 10.3. The first kappa shape index (κ1) is 19.5. The molecule has 29 heavy (non-hydrogen) atoms. The normalized spacial score (nSPS) is 18.7. The third-order valence-corrected chi connectivity index (χ3v) is 5.22. The van der Waals surface area contributed by atoms with Crippen molar-refractivity contribution >= 4 is 17.6 Å². The molecule has 1 heterocycles. The second-order valence-electron chi connectivity index (χ2n) is 8.85. The van der Waals surface area contributed by atoms with Gasteiger partial charge in [0.25, 0.3) is 5.56 Å². The average molecular weight is 396 g/mol. The molecule has 7 nitrogen and oxygen atoms in total. The van der Waals surface area contributed by atoms with Gasteiger partial charge in [0, 0.05) is 24.1 Å². The summed E-state index contributed by atoms with van der Waals surface area (Å²) in [6.07, 6.45) is 8.00. The number of aryl methyl sites for hydroxylation is 1. The first-order chi connectivity index (χ1) is 13.8. The topological polar surface area (TPSA) is 85.2 Å². The minimum Gasteiger partial charge on any atom is -0.444 e. The molecule has 1 aromatic heterocycles. The van der Waals surface area contributed by atoms with Crippen LogP contribution in [-0.4, -0.2) is 21.2 Å². The third-order valence-electron chi connectivity index (χ3n) is 5.22. The standard InChI is InChI=1S/C22H28N4O3/c1-22(2,3)29-21(28)24-15-7-10-17-14(13-15)5-4-6-18(17)25-19-20(27)26(12-11-23-19)16-8-9-16/h7,10-13,16,18H,4-6,8-9H2,1-3H3,(H,23,25)(H,24,28). The van der Waals surface area contributed by atoms with Gasteiger partial charge in [0.05, 0.1) is 6.04 Å². The van der Waals surface area contributed by atoms with Crippen molar-refractivity contribution in [2.45, 2.75) is 70.6 Å². The fraction of sp³-hybridized carbons (Fsp3) is 0.500. The zero-order valence-electron chi connectivity index (χ0n) is 17.2. The number of fused-ring (bicyclic) bond motifs is 1. The molecule has 154 valence electrons. The number of hydrogen-bond donors (Lipinski definition) is 2. The van der Waals surface area contributed by atoms with Crippen molar-refractivity contribution in [1.82, 2.24) is 9.55 Å². The summed E-state index contributed by atoms with van der Waals surface area (Å²) in [7, 11) is 0. The Kier molecular flexibility index (Phi) is 5.06. The lowest BCUT2D eigenvalue weighted by Gasteiger charge is -2.27. The Bertz CT molecular complexity index is 973. The number of aromatic nitrogens is 2. The van der Waals surface area contributed by atoms with Crippen molar-refractivity contribution in [3.05, 3.63) is 52.1 Å². The van der Waals surface area contributed by atoms with Crippen molar-refractivity contribution in [1.29, 1.82) is 0 Å². The monoisotopic (exact) mass is 396 g/mol. The van der Waals surface area contributed by atoms with Crippen LogP contribution in [0.2, 0.25) is 0 Å². The molecule has 1 amide bonds. The summed E-state index contributed by atoms with van der Waals surface area (Å²) in [4.78, 5) is 29.0. The van der Waals surface area contributed by atoms with E-state index >= 15 is 0 Å². The highest BCUT2D eigenvalue weighted by atomic mass is 16.6. The number of nitrogens with one attached hydrogen (secondary N) is 2. The maximum absolute atomic E-state index is 12.7. The quantitative estimate of drug-likeness (QED) is 0.799. The number of ether oxygens (including phenoxy) is 1. The second kappa shape index (κ2) is 7.54. The molecule has 1 atom stereocenters. The average Bonchev–Trinajstić information content (AvgIpc) is 3.47. The Morgan fingerprint density at radius 3 is 2.76 bits per heavy atom. The fourth-order valence-corrected chi connectivity index (χ4v) is 3.79. The molecule has 7 heteroatoms. The van der Waals surface area contributed by atoms with Gasteiger partial charge in [-0.15, -0.1) is 0 Å². The van der Waals surface area contributed by atoms with Crippen LogP contribution in [0.1, 0.15) is 69.7 Å². The SMILES string of the molecule is CC(C)(C)OC(=O)Nc1ccc2c(c1)CCCC2Nc1nccn(C2CC2)c1=O. The zero-order valence-corrected chi connectivity index (χ0v) is 17.2. The van der Waals surface area contributed by atoms with Crippen LogP contribution in [0, 0.1) is 0 Å². The molecular formula is C22H28N4O3. The van der Waals surface area contributed by atoms with Gasteiger partial charge in [-0.25, -0.2) is 9.78 Å². The number of nitrogens with zero attached hydrogens (tertiary/aromatic N) is 2. The van der Waals surface area contributed by atoms with E-state index in [1.807, 2.05) is 39.0 Å². The number of rotatable bonds is 4. The van der Waals surface area contributed by atoms with Gasteiger partial charge in [-0.3, -0.25) is 10.1 Å². The third kappa shape index (κ3) is 4.60. The maximum Gasteiger partial charge on any atom is 0.412 e. The summed E-state index contributed by atoms with van der Waals surface area (Å²) in [5.74, 6) is 0.410. The molecule has 0 spiro atoms. The predicted molar refractivity (Wildman–Crippen MR) is 112 cm³/mol. The lowest BCUT2D eigenvalue weighted by molar-refractivity contribution is 0.0636. The van der Waals surface area contributed by atoms with Crippen LogP contribution in [-0.2, 0) is 11.2 Å². The smallest absolute Gasteiger partial charge is 0.412 e. The number of hydrogen-bond acceptors (Lipinski definition) is 5. The Hall–Kier alpha value is -2.83. The molecule has 0 radical (unpaired) electrons. The van der Waals surface area contributed by atoms with Gasteiger partial charge >= 0.3 is 6.09 Å². The zero-order chi connectivity index (χ0) is 20.6. The minimum absolute atomic E-state index is 0.0320. The fourth-order valence-electron chi connectivity index (χ4n) is 3.79. The molecule has 1 fully saturated rings. The molecule has 1 unspecified atom stereocenters. The van der Waals surface area contributed by atoms with E-state index in [1.54, 1.807) is 17.0 Å². The molecule has 0 bridgehead atoms. The molecule has 2 aliphatic carbocycles. The van der Waals surface area contributed by atoms with Crippen molar-refractivity contribution in [2.24, 2.45) is 0 Å². The van der Waals surface area contributed by atoms with E-state index < -0.39 is 11.7 Å². The molecule has 1 saturated carbocycles. The molecule has 2 aromatic rings. The van der Waals surface area contributed by atoms with E-state index in [2.05, 4.69) is 15.6 Å². The van der Waals surface area contributed by atoms with Gasteiger partial charge in [0.15, 0.2) is 5.82 Å².